The van der Waals surface area contributed by atoms with Crippen LogP contribution in [0.4, 0.5) is 5.69 Å². The summed E-state index contributed by atoms with van der Waals surface area (Å²) >= 11 is 0. The van der Waals surface area contributed by atoms with E-state index in [9.17, 15) is 9.59 Å². The molecule has 130 valence electrons. The smallest absolute Gasteiger partial charge is 0.253 e. The van der Waals surface area contributed by atoms with Crippen molar-refractivity contribution in [2.45, 2.75) is 26.7 Å². The maximum atomic E-state index is 12.5. The van der Waals surface area contributed by atoms with Crippen molar-refractivity contribution in [2.75, 3.05) is 31.5 Å². The van der Waals surface area contributed by atoms with E-state index in [4.69, 9.17) is 0 Å². The molecule has 2 heterocycles. The molecule has 0 saturated carbocycles. The number of likely N-dealkylation sites (tertiary alicyclic amines) is 1. The van der Waals surface area contributed by atoms with Crippen molar-refractivity contribution in [2.24, 2.45) is 17.8 Å². The van der Waals surface area contributed by atoms with E-state index in [1.54, 1.807) is 0 Å². The summed E-state index contributed by atoms with van der Waals surface area (Å²) in [4.78, 5) is 26.7. The summed E-state index contributed by atoms with van der Waals surface area (Å²) in [5.74, 6) is 1.27. The normalized spacial score (nSPS) is 20.3. The summed E-state index contributed by atoms with van der Waals surface area (Å²) in [6.45, 7) is 7.71. The van der Waals surface area contributed by atoms with E-state index < -0.39 is 0 Å². The fourth-order valence-electron chi connectivity index (χ4n) is 3.23. The number of nitrogens with one attached hydrogen (secondary N) is 2. The lowest BCUT2D eigenvalue weighted by molar-refractivity contribution is -0.121. The molecule has 1 unspecified atom stereocenters. The number of benzene rings is 1. The zero-order valence-electron chi connectivity index (χ0n) is 14.5. The Bertz CT molecular complexity index is 587. The van der Waals surface area contributed by atoms with E-state index in [1.165, 1.54) is 0 Å². The number of carbonyl (C=O) groups excluding carboxylic acids is 2. The van der Waals surface area contributed by atoms with Gasteiger partial charge < -0.3 is 15.5 Å². The Balaban J connectivity index is 1.56. The van der Waals surface area contributed by atoms with Crippen molar-refractivity contribution < 1.29 is 9.59 Å². The molecule has 1 aromatic rings. The first-order valence-electron chi connectivity index (χ1n) is 8.95. The molecule has 2 aliphatic rings. The third-order valence-corrected chi connectivity index (χ3v) is 5.40. The number of anilines is 1. The molecule has 2 N–H and O–H groups in total. The van der Waals surface area contributed by atoms with E-state index in [-0.39, 0.29) is 17.7 Å². The third-order valence-electron chi connectivity index (χ3n) is 5.40. The van der Waals surface area contributed by atoms with Gasteiger partial charge in [-0.25, -0.2) is 0 Å². The van der Waals surface area contributed by atoms with Gasteiger partial charge in [0.1, 0.15) is 0 Å². The standard InChI is InChI=1S/C19H27N3O2/c1-13-7-9-22(10-8-13)19(24)15-3-5-17(6-4-15)21-18(23)14(2)16-11-20-12-16/h3-6,13-14,16,20H,7-12H2,1-2H3,(H,21,23). The summed E-state index contributed by atoms with van der Waals surface area (Å²) < 4.78 is 0. The first-order valence-corrected chi connectivity index (χ1v) is 8.95. The number of rotatable bonds is 4. The molecule has 2 fully saturated rings. The molecule has 0 aliphatic carbocycles. The van der Waals surface area contributed by atoms with Crippen LogP contribution in [0.1, 0.15) is 37.0 Å². The zero-order chi connectivity index (χ0) is 17.1. The van der Waals surface area contributed by atoms with Crippen LogP contribution in [0.15, 0.2) is 24.3 Å². The van der Waals surface area contributed by atoms with Gasteiger partial charge in [-0.1, -0.05) is 13.8 Å². The number of hydrogen-bond donors (Lipinski definition) is 2. The van der Waals surface area contributed by atoms with Crippen LogP contribution in [0.25, 0.3) is 0 Å². The lowest BCUT2D eigenvalue weighted by Gasteiger charge is -2.31. The topological polar surface area (TPSA) is 61.4 Å². The van der Waals surface area contributed by atoms with Crippen LogP contribution in [-0.4, -0.2) is 42.9 Å². The highest BCUT2D eigenvalue weighted by atomic mass is 16.2. The molecule has 3 rings (SSSR count). The third kappa shape index (κ3) is 3.78. The van der Waals surface area contributed by atoms with E-state index in [0.29, 0.717) is 17.4 Å². The van der Waals surface area contributed by atoms with E-state index >= 15 is 0 Å². The number of hydrogen-bond acceptors (Lipinski definition) is 3. The Kier molecular flexibility index (Phi) is 5.19. The van der Waals surface area contributed by atoms with Gasteiger partial charge in [0.2, 0.25) is 5.91 Å². The van der Waals surface area contributed by atoms with Crippen LogP contribution < -0.4 is 10.6 Å². The maximum Gasteiger partial charge on any atom is 0.253 e. The van der Waals surface area contributed by atoms with Gasteiger partial charge in [-0.05, 0) is 62.0 Å². The van der Waals surface area contributed by atoms with Crippen LogP contribution in [0.3, 0.4) is 0 Å². The highest BCUT2D eigenvalue weighted by molar-refractivity contribution is 5.96. The summed E-state index contributed by atoms with van der Waals surface area (Å²) in [6.07, 6.45) is 2.15. The second-order valence-corrected chi connectivity index (χ2v) is 7.25. The van der Waals surface area contributed by atoms with Gasteiger partial charge in [-0.3, -0.25) is 9.59 Å². The van der Waals surface area contributed by atoms with Gasteiger partial charge in [0.05, 0.1) is 0 Å². The Morgan fingerprint density at radius 1 is 1.17 bits per heavy atom. The van der Waals surface area contributed by atoms with Gasteiger partial charge in [0.25, 0.3) is 5.91 Å². The van der Waals surface area contributed by atoms with E-state index in [2.05, 4.69) is 17.6 Å². The highest BCUT2D eigenvalue weighted by Crippen LogP contribution is 2.21. The van der Waals surface area contributed by atoms with Crippen molar-refractivity contribution >= 4 is 17.5 Å². The Labute approximate surface area is 143 Å². The average molecular weight is 329 g/mol. The predicted octanol–water partition coefficient (Wildman–Crippen LogP) is 2.35. The molecular formula is C19H27N3O2. The molecule has 0 radical (unpaired) electrons. The number of carbonyl (C=O) groups is 2. The van der Waals surface area contributed by atoms with Crippen LogP contribution in [0.5, 0.6) is 0 Å². The highest BCUT2D eigenvalue weighted by Gasteiger charge is 2.28. The fourth-order valence-corrected chi connectivity index (χ4v) is 3.23. The van der Waals surface area contributed by atoms with Gasteiger partial charge >= 0.3 is 0 Å². The second-order valence-electron chi connectivity index (χ2n) is 7.25. The van der Waals surface area contributed by atoms with E-state index in [1.807, 2.05) is 36.1 Å². The molecule has 1 aromatic carbocycles. The van der Waals surface area contributed by atoms with Gasteiger partial charge in [0, 0.05) is 30.3 Å². The fraction of sp³-hybridized carbons (Fsp3) is 0.579. The van der Waals surface area contributed by atoms with E-state index in [0.717, 1.165) is 44.7 Å². The largest absolute Gasteiger partial charge is 0.339 e. The van der Waals surface area contributed by atoms with Crippen molar-refractivity contribution in [3.8, 4) is 0 Å². The van der Waals surface area contributed by atoms with Crippen LogP contribution in [-0.2, 0) is 4.79 Å². The summed E-state index contributed by atoms with van der Waals surface area (Å²) in [7, 11) is 0. The minimum Gasteiger partial charge on any atom is -0.339 e. The first kappa shape index (κ1) is 17.0. The Morgan fingerprint density at radius 2 is 1.79 bits per heavy atom. The second kappa shape index (κ2) is 7.34. The molecule has 0 spiro atoms. The molecule has 5 heteroatoms. The van der Waals surface area contributed by atoms with Crippen LogP contribution in [0, 0.1) is 17.8 Å². The monoisotopic (exact) mass is 329 g/mol. The quantitative estimate of drug-likeness (QED) is 0.891. The molecule has 0 aromatic heterocycles. The molecule has 2 saturated heterocycles. The van der Waals surface area contributed by atoms with Crippen molar-refractivity contribution in [3.63, 3.8) is 0 Å². The summed E-state index contributed by atoms with van der Waals surface area (Å²) in [6, 6.07) is 7.27. The molecule has 24 heavy (non-hydrogen) atoms. The van der Waals surface area contributed by atoms with Crippen molar-refractivity contribution in [3.05, 3.63) is 29.8 Å². The Hall–Kier alpha value is -1.88. The molecule has 1 atom stereocenters. The predicted molar refractivity (Wildman–Crippen MR) is 94.9 cm³/mol. The number of amides is 2. The van der Waals surface area contributed by atoms with Crippen LogP contribution in [0.2, 0.25) is 0 Å². The minimum atomic E-state index is 0.00268. The average Bonchev–Trinajstić information content (AvgIpc) is 2.54. The van der Waals surface area contributed by atoms with Gasteiger partial charge in [-0.15, -0.1) is 0 Å². The van der Waals surface area contributed by atoms with Gasteiger partial charge in [0.15, 0.2) is 0 Å². The number of piperidine rings is 1. The molecular weight excluding hydrogens is 302 g/mol. The lowest BCUT2D eigenvalue weighted by atomic mass is 9.88. The van der Waals surface area contributed by atoms with Gasteiger partial charge in [-0.2, -0.15) is 0 Å². The first-order chi connectivity index (χ1) is 11.5. The maximum absolute atomic E-state index is 12.5. The summed E-state index contributed by atoms with van der Waals surface area (Å²) in [5, 5.41) is 6.14. The van der Waals surface area contributed by atoms with Crippen LogP contribution >= 0.6 is 0 Å². The lowest BCUT2D eigenvalue weighted by Crippen LogP contribution is -2.48. The molecule has 2 aliphatic heterocycles. The molecule has 0 bridgehead atoms. The number of nitrogens with zero attached hydrogens (tertiary/aromatic N) is 1. The Morgan fingerprint density at radius 3 is 2.33 bits per heavy atom. The van der Waals surface area contributed by atoms with Crippen molar-refractivity contribution in [1.82, 2.24) is 10.2 Å². The van der Waals surface area contributed by atoms with Crippen molar-refractivity contribution in [1.29, 1.82) is 0 Å². The molecule has 5 nitrogen and oxygen atoms in total. The summed E-state index contributed by atoms with van der Waals surface area (Å²) in [5.41, 5.74) is 1.45. The SMILES string of the molecule is CC1CCN(C(=O)c2ccc(NC(=O)C(C)C3CNC3)cc2)CC1. The minimum absolute atomic E-state index is 0.00268. The zero-order valence-corrected chi connectivity index (χ0v) is 14.5. The molecule has 2 amide bonds.